The van der Waals surface area contributed by atoms with E-state index in [-0.39, 0.29) is 13.2 Å². The van der Waals surface area contributed by atoms with Gasteiger partial charge in [0.25, 0.3) is 0 Å². The number of para-hydroxylation sites is 1. The van der Waals surface area contributed by atoms with Crippen molar-refractivity contribution in [3.8, 4) is 5.75 Å². The Labute approximate surface area is 102 Å². The summed E-state index contributed by atoms with van der Waals surface area (Å²) >= 11 is 0. The van der Waals surface area contributed by atoms with Crippen LogP contribution in [0.1, 0.15) is 13.3 Å². The monoisotopic (exact) mass is 239 g/mol. The van der Waals surface area contributed by atoms with E-state index in [9.17, 15) is 10.2 Å². The molecule has 0 aliphatic rings. The van der Waals surface area contributed by atoms with Gasteiger partial charge in [-0.05, 0) is 18.6 Å². The maximum atomic E-state index is 9.23. The molecule has 0 atom stereocenters. The Hall–Kier alpha value is -1.10. The van der Waals surface area contributed by atoms with E-state index in [4.69, 9.17) is 4.74 Å². The first kappa shape index (κ1) is 14.0. The zero-order chi connectivity index (χ0) is 12.6. The number of hydrogen-bond donors (Lipinski definition) is 3. The number of nitrogens with one attached hydrogen (secondary N) is 1. The summed E-state index contributed by atoms with van der Waals surface area (Å²) in [4.78, 5) is 0. The second-order valence-electron chi connectivity index (χ2n) is 4.04. The molecule has 17 heavy (non-hydrogen) atoms. The van der Waals surface area contributed by atoms with Gasteiger partial charge in [0.1, 0.15) is 12.4 Å². The molecule has 0 aromatic heterocycles. The van der Waals surface area contributed by atoms with E-state index in [1.54, 1.807) is 0 Å². The highest BCUT2D eigenvalue weighted by Gasteiger charge is 2.25. The second-order valence-corrected chi connectivity index (χ2v) is 4.04. The minimum Gasteiger partial charge on any atom is -0.492 e. The Morgan fingerprint density at radius 2 is 1.82 bits per heavy atom. The maximum Gasteiger partial charge on any atom is 0.119 e. The predicted octanol–water partition coefficient (Wildman–Crippen LogP) is 0.788. The summed E-state index contributed by atoms with van der Waals surface area (Å²) in [6, 6.07) is 9.56. The Balaban J connectivity index is 2.28. The van der Waals surface area contributed by atoms with Crippen molar-refractivity contribution in [2.24, 2.45) is 0 Å². The fourth-order valence-corrected chi connectivity index (χ4v) is 1.51. The quantitative estimate of drug-likeness (QED) is 0.587. The molecule has 0 heterocycles. The van der Waals surface area contributed by atoms with Gasteiger partial charge in [0.05, 0.1) is 18.8 Å². The van der Waals surface area contributed by atoms with E-state index in [0.717, 1.165) is 5.75 Å². The van der Waals surface area contributed by atoms with Crippen LogP contribution in [0, 0.1) is 0 Å². The Kier molecular flexibility index (Phi) is 5.97. The zero-order valence-electron chi connectivity index (χ0n) is 10.2. The molecule has 0 saturated heterocycles. The lowest BCUT2D eigenvalue weighted by Gasteiger charge is -2.29. The molecule has 4 heteroatoms. The average molecular weight is 239 g/mol. The standard InChI is InChI=1S/C13H21NO3/c1-2-13(10-15,11-16)14-8-9-17-12-6-4-3-5-7-12/h3-7,14-16H,2,8-11H2,1H3. The van der Waals surface area contributed by atoms with Crippen LogP contribution < -0.4 is 10.1 Å². The third-order valence-corrected chi connectivity index (χ3v) is 2.90. The molecule has 0 unspecified atom stereocenters. The summed E-state index contributed by atoms with van der Waals surface area (Å²) in [5.74, 6) is 0.824. The fraction of sp³-hybridized carbons (Fsp3) is 0.538. The van der Waals surface area contributed by atoms with Gasteiger partial charge in [0, 0.05) is 6.54 Å². The molecule has 1 rings (SSSR count). The number of rotatable bonds is 8. The average Bonchev–Trinajstić information content (AvgIpc) is 2.41. The molecule has 0 spiro atoms. The van der Waals surface area contributed by atoms with Crippen LogP contribution in [0.25, 0.3) is 0 Å². The fourth-order valence-electron chi connectivity index (χ4n) is 1.51. The van der Waals surface area contributed by atoms with Crippen LogP contribution in [0.15, 0.2) is 30.3 Å². The Bertz CT molecular complexity index is 291. The molecular weight excluding hydrogens is 218 g/mol. The van der Waals surface area contributed by atoms with E-state index in [2.05, 4.69) is 5.32 Å². The molecule has 3 N–H and O–H groups in total. The van der Waals surface area contributed by atoms with Crippen LogP contribution in [-0.4, -0.2) is 42.1 Å². The highest BCUT2D eigenvalue weighted by molar-refractivity contribution is 5.20. The van der Waals surface area contributed by atoms with Crippen molar-refractivity contribution in [3.63, 3.8) is 0 Å². The molecular formula is C13H21NO3. The van der Waals surface area contributed by atoms with Crippen LogP contribution in [0.3, 0.4) is 0 Å². The largest absolute Gasteiger partial charge is 0.492 e. The van der Waals surface area contributed by atoms with Crippen molar-refractivity contribution in [2.45, 2.75) is 18.9 Å². The summed E-state index contributed by atoms with van der Waals surface area (Å²) in [6.07, 6.45) is 0.672. The first-order valence-corrected chi connectivity index (χ1v) is 5.91. The Morgan fingerprint density at radius 1 is 1.18 bits per heavy atom. The molecule has 0 amide bonds. The predicted molar refractivity (Wildman–Crippen MR) is 67.1 cm³/mol. The molecule has 0 saturated carbocycles. The van der Waals surface area contributed by atoms with E-state index in [1.165, 1.54) is 0 Å². The lowest BCUT2D eigenvalue weighted by atomic mass is 9.99. The van der Waals surface area contributed by atoms with Crippen LogP contribution in [0.2, 0.25) is 0 Å². The third-order valence-electron chi connectivity index (χ3n) is 2.90. The summed E-state index contributed by atoms with van der Waals surface area (Å²) in [7, 11) is 0. The summed E-state index contributed by atoms with van der Waals surface area (Å²) in [5.41, 5.74) is -0.597. The van der Waals surface area contributed by atoms with Crippen LogP contribution >= 0.6 is 0 Å². The number of hydrogen-bond acceptors (Lipinski definition) is 4. The van der Waals surface area contributed by atoms with E-state index in [1.807, 2.05) is 37.3 Å². The van der Waals surface area contributed by atoms with Crippen molar-refractivity contribution in [3.05, 3.63) is 30.3 Å². The highest BCUT2D eigenvalue weighted by atomic mass is 16.5. The van der Waals surface area contributed by atoms with Crippen LogP contribution in [-0.2, 0) is 0 Å². The van der Waals surface area contributed by atoms with Gasteiger partial charge in [-0.1, -0.05) is 25.1 Å². The minimum absolute atomic E-state index is 0.0780. The van der Waals surface area contributed by atoms with Crippen molar-refractivity contribution in [1.29, 1.82) is 0 Å². The van der Waals surface area contributed by atoms with Gasteiger partial charge in [0.15, 0.2) is 0 Å². The summed E-state index contributed by atoms with van der Waals surface area (Å²) < 4.78 is 5.51. The smallest absolute Gasteiger partial charge is 0.119 e. The van der Waals surface area contributed by atoms with Gasteiger partial charge in [-0.3, -0.25) is 0 Å². The van der Waals surface area contributed by atoms with Crippen molar-refractivity contribution >= 4 is 0 Å². The van der Waals surface area contributed by atoms with Gasteiger partial charge in [0.2, 0.25) is 0 Å². The Morgan fingerprint density at radius 3 is 2.35 bits per heavy atom. The number of aliphatic hydroxyl groups excluding tert-OH is 2. The third kappa shape index (κ3) is 4.34. The maximum absolute atomic E-state index is 9.23. The molecule has 0 bridgehead atoms. The first-order chi connectivity index (χ1) is 8.26. The SMILES string of the molecule is CCC(CO)(CO)NCCOc1ccccc1. The topological polar surface area (TPSA) is 61.7 Å². The van der Waals surface area contributed by atoms with Crippen molar-refractivity contribution in [2.75, 3.05) is 26.4 Å². The number of aliphatic hydroxyl groups is 2. The molecule has 0 aliphatic carbocycles. The lowest BCUT2D eigenvalue weighted by Crippen LogP contribution is -2.52. The molecule has 1 aromatic rings. The molecule has 4 nitrogen and oxygen atoms in total. The number of benzene rings is 1. The lowest BCUT2D eigenvalue weighted by molar-refractivity contribution is 0.0844. The van der Waals surface area contributed by atoms with Gasteiger partial charge in [-0.15, -0.1) is 0 Å². The van der Waals surface area contributed by atoms with Gasteiger partial charge in [-0.25, -0.2) is 0 Å². The van der Waals surface area contributed by atoms with Crippen LogP contribution in [0.4, 0.5) is 0 Å². The molecule has 0 fully saturated rings. The summed E-state index contributed by atoms with van der Waals surface area (Å²) in [5, 5.41) is 21.6. The molecule has 1 aromatic carbocycles. The van der Waals surface area contributed by atoms with E-state index >= 15 is 0 Å². The molecule has 0 aliphatic heterocycles. The highest BCUT2D eigenvalue weighted by Crippen LogP contribution is 2.09. The van der Waals surface area contributed by atoms with E-state index in [0.29, 0.717) is 19.6 Å². The number of ether oxygens (including phenoxy) is 1. The van der Waals surface area contributed by atoms with E-state index < -0.39 is 5.54 Å². The van der Waals surface area contributed by atoms with Crippen molar-refractivity contribution in [1.82, 2.24) is 5.32 Å². The zero-order valence-corrected chi connectivity index (χ0v) is 10.2. The minimum atomic E-state index is -0.597. The van der Waals surface area contributed by atoms with Crippen LogP contribution in [0.5, 0.6) is 5.75 Å². The van der Waals surface area contributed by atoms with Crippen molar-refractivity contribution < 1.29 is 14.9 Å². The van der Waals surface area contributed by atoms with Gasteiger partial charge < -0.3 is 20.3 Å². The van der Waals surface area contributed by atoms with Gasteiger partial charge >= 0.3 is 0 Å². The summed E-state index contributed by atoms with van der Waals surface area (Å²) in [6.45, 7) is 2.86. The normalized spacial score (nSPS) is 11.5. The molecule has 0 radical (unpaired) electrons. The van der Waals surface area contributed by atoms with Gasteiger partial charge in [-0.2, -0.15) is 0 Å². The first-order valence-electron chi connectivity index (χ1n) is 5.91. The molecule has 96 valence electrons. The second kappa shape index (κ2) is 7.27.